The molecule has 1 aromatic heterocycles. The number of rotatable bonds is 7. The number of benzene rings is 1. The molecule has 0 spiro atoms. The number of carbonyl (C=O) groups excluding carboxylic acids is 1. The maximum Gasteiger partial charge on any atom is 0.278 e. The second kappa shape index (κ2) is 8.97. The number of hydrogen-bond donors (Lipinski definition) is 1. The molecule has 3 rings (SSSR count). The van der Waals surface area contributed by atoms with Gasteiger partial charge in [-0.25, -0.2) is 8.42 Å². The first-order valence-corrected chi connectivity index (χ1v) is 11.5. The van der Waals surface area contributed by atoms with Crippen LogP contribution in [0.25, 0.3) is 0 Å². The number of sulfonamides is 1. The topological polar surface area (TPSA) is 62.1 Å². The average Bonchev–Trinajstić information content (AvgIpc) is 3.20. The van der Waals surface area contributed by atoms with Crippen LogP contribution in [0.15, 0.2) is 52.7 Å². The molecule has 0 aliphatic carbocycles. The summed E-state index contributed by atoms with van der Waals surface area (Å²) in [5.74, 6) is 0.125. The Morgan fingerprint density at radius 2 is 1.85 bits per heavy atom. The molecule has 0 radical (unpaired) electrons. The van der Waals surface area contributed by atoms with Gasteiger partial charge in [-0.15, -0.1) is 11.3 Å². The normalized spacial score (nSPS) is 16.3. The molecule has 8 heteroatoms. The van der Waals surface area contributed by atoms with E-state index in [1.807, 2.05) is 35.4 Å². The Labute approximate surface area is 165 Å². The van der Waals surface area contributed by atoms with Crippen LogP contribution in [-0.4, -0.2) is 62.8 Å². The first-order valence-electron chi connectivity index (χ1n) is 9.19. The molecule has 1 aliphatic rings. The Balaban J connectivity index is 1.54. The van der Waals surface area contributed by atoms with E-state index in [4.69, 9.17) is 0 Å². The van der Waals surface area contributed by atoms with Gasteiger partial charge in [0.1, 0.15) is 0 Å². The summed E-state index contributed by atoms with van der Waals surface area (Å²) in [7, 11) is -3.44. The number of quaternary nitrogens is 1. The number of hydrogen-bond acceptors (Lipinski definition) is 4. The molecule has 0 saturated carbocycles. The predicted molar refractivity (Wildman–Crippen MR) is 106 cm³/mol. The highest BCUT2D eigenvalue weighted by Gasteiger charge is 2.31. The summed E-state index contributed by atoms with van der Waals surface area (Å²) >= 11 is 1.66. The molecule has 2 heterocycles. The van der Waals surface area contributed by atoms with Gasteiger partial charge in [-0.1, -0.05) is 24.3 Å². The lowest BCUT2D eigenvalue weighted by molar-refractivity contribution is -0.896. The molecule has 0 bridgehead atoms. The van der Waals surface area contributed by atoms with Crippen molar-refractivity contribution in [2.75, 3.05) is 39.3 Å². The summed E-state index contributed by atoms with van der Waals surface area (Å²) < 4.78 is 26.9. The summed E-state index contributed by atoms with van der Waals surface area (Å²) in [6.45, 7) is 5.91. The number of nitrogens with one attached hydrogen (secondary N) is 1. The van der Waals surface area contributed by atoms with Crippen molar-refractivity contribution in [3.63, 3.8) is 0 Å². The third-order valence-corrected chi connectivity index (χ3v) is 7.65. The second-order valence-corrected chi connectivity index (χ2v) is 9.60. The van der Waals surface area contributed by atoms with Gasteiger partial charge in [0, 0.05) is 11.4 Å². The first-order chi connectivity index (χ1) is 13.0. The first kappa shape index (κ1) is 20.0. The minimum atomic E-state index is -3.44. The summed E-state index contributed by atoms with van der Waals surface area (Å²) in [5, 5.41) is 2.02. The quantitative estimate of drug-likeness (QED) is 0.733. The van der Waals surface area contributed by atoms with E-state index >= 15 is 0 Å². The van der Waals surface area contributed by atoms with Crippen molar-refractivity contribution >= 4 is 27.3 Å². The van der Waals surface area contributed by atoms with E-state index in [2.05, 4.69) is 0 Å². The molecule has 1 aromatic carbocycles. The van der Waals surface area contributed by atoms with E-state index < -0.39 is 10.0 Å². The van der Waals surface area contributed by atoms with Gasteiger partial charge in [0.05, 0.1) is 37.6 Å². The van der Waals surface area contributed by atoms with E-state index in [0.29, 0.717) is 50.7 Å². The molecule has 1 aliphatic heterocycles. The monoisotopic (exact) mass is 408 g/mol. The summed E-state index contributed by atoms with van der Waals surface area (Å²) in [6.07, 6.45) is 0. The number of carbonyl (C=O) groups is 1. The molecule has 1 saturated heterocycles. The van der Waals surface area contributed by atoms with Crippen LogP contribution < -0.4 is 4.90 Å². The highest BCUT2D eigenvalue weighted by molar-refractivity contribution is 7.89. The Morgan fingerprint density at radius 3 is 2.44 bits per heavy atom. The molecule has 6 nitrogen and oxygen atoms in total. The van der Waals surface area contributed by atoms with Crippen LogP contribution in [0.5, 0.6) is 0 Å². The third kappa shape index (κ3) is 4.95. The SMILES string of the molecule is CCN(Cc1cccs1)C(=O)C[NH+]1CCN(S(=O)(=O)c2ccccc2)CC1. The lowest BCUT2D eigenvalue weighted by Crippen LogP contribution is -3.15. The van der Waals surface area contributed by atoms with Gasteiger partial charge in [-0.05, 0) is 30.5 Å². The third-order valence-electron chi connectivity index (χ3n) is 4.87. The van der Waals surface area contributed by atoms with E-state index in [-0.39, 0.29) is 5.91 Å². The standard InChI is InChI=1S/C19H25N3O3S2/c1-2-21(15-17-7-6-14-26-17)19(23)16-20-10-12-22(13-11-20)27(24,25)18-8-4-3-5-9-18/h3-9,14H,2,10-13,15-16H2,1H3/p+1. The number of likely N-dealkylation sites (N-methyl/N-ethyl adjacent to an activating group) is 1. The van der Waals surface area contributed by atoms with Crippen molar-refractivity contribution < 1.29 is 18.1 Å². The smallest absolute Gasteiger partial charge is 0.278 e. The highest BCUT2D eigenvalue weighted by atomic mass is 32.2. The molecule has 1 N–H and O–H groups in total. The van der Waals surface area contributed by atoms with E-state index in [9.17, 15) is 13.2 Å². The molecule has 1 amide bonds. The average molecular weight is 409 g/mol. The summed E-state index contributed by atoms with van der Waals surface area (Å²) in [6, 6.07) is 12.6. The van der Waals surface area contributed by atoms with Crippen LogP contribution in [0.3, 0.4) is 0 Å². The summed E-state index contributed by atoms with van der Waals surface area (Å²) in [4.78, 5) is 17.2. The Hall–Kier alpha value is -1.74. The maximum absolute atomic E-state index is 12.7. The van der Waals surface area contributed by atoms with Gasteiger partial charge in [-0.3, -0.25) is 4.79 Å². The molecular formula is C19H26N3O3S2+. The van der Waals surface area contributed by atoms with E-state index in [1.54, 1.807) is 35.6 Å². The Bertz CT molecular complexity index is 830. The van der Waals surface area contributed by atoms with Gasteiger partial charge in [0.25, 0.3) is 5.91 Å². The number of amides is 1. The van der Waals surface area contributed by atoms with Gasteiger partial charge >= 0.3 is 0 Å². The van der Waals surface area contributed by atoms with Gasteiger partial charge in [0.15, 0.2) is 6.54 Å². The van der Waals surface area contributed by atoms with E-state index in [0.717, 1.165) is 4.90 Å². The predicted octanol–water partition coefficient (Wildman–Crippen LogP) is 0.686. The molecule has 0 atom stereocenters. The number of piperazine rings is 1. The number of thiophene rings is 1. The Morgan fingerprint density at radius 1 is 1.15 bits per heavy atom. The number of nitrogens with zero attached hydrogens (tertiary/aromatic N) is 2. The minimum absolute atomic E-state index is 0.125. The van der Waals surface area contributed by atoms with Gasteiger partial charge in [-0.2, -0.15) is 4.31 Å². The molecule has 2 aromatic rings. The van der Waals surface area contributed by atoms with Crippen molar-refractivity contribution in [2.24, 2.45) is 0 Å². The summed E-state index contributed by atoms with van der Waals surface area (Å²) in [5.41, 5.74) is 0. The van der Waals surface area contributed by atoms with Crippen LogP contribution in [0, 0.1) is 0 Å². The molecular weight excluding hydrogens is 382 g/mol. The van der Waals surface area contributed by atoms with Crippen molar-refractivity contribution in [1.82, 2.24) is 9.21 Å². The van der Waals surface area contributed by atoms with Gasteiger partial charge < -0.3 is 9.80 Å². The zero-order chi connectivity index (χ0) is 19.3. The second-order valence-electron chi connectivity index (χ2n) is 6.63. The molecule has 146 valence electrons. The fourth-order valence-corrected chi connectivity index (χ4v) is 5.44. The molecule has 1 fully saturated rings. The van der Waals surface area contributed by atoms with Crippen LogP contribution in [0.1, 0.15) is 11.8 Å². The van der Waals surface area contributed by atoms with Crippen molar-refractivity contribution in [3.05, 3.63) is 52.7 Å². The van der Waals surface area contributed by atoms with Crippen LogP contribution >= 0.6 is 11.3 Å². The highest BCUT2D eigenvalue weighted by Crippen LogP contribution is 2.15. The van der Waals surface area contributed by atoms with Crippen LogP contribution in [0.4, 0.5) is 0 Å². The molecule has 0 unspecified atom stereocenters. The largest absolute Gasteiger partial charge is 0.333 e. The fraction of sp³-hybridized carbons (Fsp3) is 0.421. The van der Waals surface area contributed by atoms with Gasteiger partial charge in [0.2, 0.25) is 10.0 Å². The Kier molecular flexibility index (Phi) is 6.64. The lowest BCUT2D eigenvalue weighted by Gasteiger charge is -2.32. The van der Waals surface area contributed by atoms with Crippen molar-refractivity contribution in [2.45, 2.75) is 18.4 Å². The van der Waals surface area contributed by atoms with Crippen molar-refractivity contribution in [1.29, 1.82) is 0 Å². The zero-order valence-electron chi connectivity index (χ0n) is 15.5. The zero-order valence-corrected chi connectivity index (χ0v) is 17.1. The minimum Gasteiger partial charge on any atom is -0.333 e. The lowest BCUT2D eigenvalue weighted by atomic mass is 10.3. The van der Waals surface area contributed by atoms with Crippen LogP contribution in [-0.2, 0) is 21.4 Å². The van der Waals surface area contributed by atoms with Crippen LogP contribution in [0.2, 0.25) is 0 Å². The fourth-order valence-electron chi connectivity index (χ4n) is 3.25. The maximum atomic E-state index is 12.7. The van der Waals surface area contributed by atoms with E-state index in [1.165, 1.54) is 9.18 Å². The molecule has 27 heavy (non-hydrogen) atoms. The van der Waals surface area contributed by atoms with Crippen molar-refractivity contribution in [3.8, 4) is 0 Å².